The highest BCUT2D eigenvalue weighted by molar-refractivity contribution is 4.70. The van der Waals surface area contributed by atoms with Crippen LogP contribution in [0.3, 0.4) is 0 Å². The van der Waals surface area contributed by atoms with Crippen LogP contribution in [0.15, 0.2) is 0 Å². The molecule has 0 unspecified atom stereocenters. The van der Waals surface area contributed by atoms with Crippen LogP contribution in [0.2, 0.25) is 0 Å². The molecule has 0 fully saturated rings. The molecular formula is C5H16N2O. The Kier molecular flexibility index (Phi) is 6.78. The average molecular weight is 120 g/mol. The third-order valence-electron chi connectivity index (χ3n) is 0.526. The smallest absolute Gasteiger partial charge is 0.0319 e. The van der Waals surface area contributed by atoms with E-state index in [1.54, 1.807) is 0 Å². The van der Waals surface area contributed by atoms with Crippen LogP contribution in [0.4, 0.5) is 0 Å². The van der Waals surface area contributed by atoms with Crippen LogP contribution in [0.5, 0.6) is 0 Å². The molecule has 0 saturated carbocycles. The van der Waals surface area contributed by atoms with Gasteiger partial charge in [0, 0.05) is 19.2 Å². The minimum atomic E-state index is -0.181. The molecule has 52 valence electrons. The van der Waals surface area contributed by atoms with Crippen molar-refractivity contribution < 1.29 is 5.11 Å². The molecule has 3 nitrogen and oxygen atoms in total. The summed E-state index contributed by atoms with van der Waals surface area (Å²) in [6.07, 6.45) is 0. The normalized spacial score (nSPS) is 9.75. The summed E-state index contributed by atoms with van der Waals surface area (Å²) >= 11 is 0. The molecular weight excluding hydrogens is 104 g/mol. The summed E-state index contributed by atoms with van der Waals surface area (Å²) in [4.78, 5) is 0. The number of nitrogens with two attached hydrogens (primary N) is 2. The van der Waals surface area contributed by atoms with Crippen molar-refractivity contribution in [3.8, 4) is 0 Å². The van der Waals surface area contributed by atoms with Crippen molar-refractivity contribution >= 4 is 0 Å². The van der Waals surface area contributed by atoms with Crippen molar-refractivity contribution in [2.24, 2.45) is 11.5 Å². The van der Waals surface area contributed by atoms with E-state index in [4.69, 9.17) is 16.6 Å². The minimum Gasteiger partial charge on any atom is -0.400 e. The van der Waals surface area contributed by atoms with E-state index < -0.39 is 0 Å². The summed E-state index contributed by atoms with van der Waals surface area (Å²) in [7, 11) is 1.00. The molecule has 0 aliphatic heterocycles. The predicted octanol–water partition coefficient (Wildman–Crippen LogP) is -0.709. The van der Waals surface area contributed by atoms with E-state index in [0.717, 1.165) is 7.11 Å². The van der Waals surface area contributed by atoms with Crippen LogP contribution in [0.1, 0.15) is 13.8 Å². The molecule has 0 aromatic rings. The third-order valence-corrected chi connectivity index (χ3v) is 0.526. The highest BCUT2D eigenvalue weighted by Gasteiger charge is 2.04. The fourth-order valence-corrected chi connectivity index (χ4v) is 0. The van der Waals surface area contributed by atoms with Gasteiger partial charge in [0.05, 0.1) is 0 Å². The van der Waals surface area contributed by atoms with Crippen molar-refractivity contribution in [3.63, 3.8) is 0 Å². The second-order valence-corrected chi connectivity index (χ2v) is 2.19. The number of aliphatic hydroxyl groups excluding tert-OH is 1. The molecule has 0 aromatic carbocycles. The van der Waals surface area contributed by atoms with Gasteiger partial charge in [-0.1, -0.05) is 0 Å². The SMILES string of the molecule is CC(C)(N)CN.CO. The summed E-state index contributed by atoms with van der Waals surface area (Å²) in [6, 6.07) is 0. The van der Waals surface area contributed by atoms with Crippen LogP contribution in [0.25, 0.3) is 0 Å². The monoisotopic (exact) mass is 120 g/mol. The lowest BCUT2D eigenvalue weighted by Crippen LogP contribution is -2.40. The molecule has 8 heavy (non-hydrogen) atoms. The van der Waals surface area contributed by atoms with Crippen LogP contribution >= 0.6 is 0 Å². The Morgan fingerprint density at radius 1 is 1.38 bits per heavy atom. The third kappa shape index (κ3) is 16.9. The van der Waals surface area contributed by atoms with Crippen molar-refractivity contribution in [1.29, 1.82) is 0 Å². The summed E-state index contributed by atoms with van der Waals surface area (Å²) < 4.78 is 0. The molecule has 0 amide bonds. The summed E-state index contributed by atoms with van der Waals surface area (Å²) in [6.45, 7) is 4.34. The molecule has 0 saturated heterocycles. The van der Waals surface area contributed by atoms with Crippen molar-refractivity contribution in [1.82, 2.24) is 0 Å². The van der Waals surface area contributed by atoms with E-state index in [-0.39, 0.29) is 5.54 Å². The molecule has 0 aliphatic carbocycles. The Bertz CT molecular complexity index is 40.2. The zero-order chi connectivity index (χ0) is 7.21. The van der Waals surface area contributed by atoms with Gasteiger partial charge >= 0.3 is 0 Å². The maximum atomic E-state index is 7.00. The van der Waals surface area contributed by atoms with Gasteiger partial charge in [-0.15, -0.1) is 0 Å². The van der Waals surface area contributed by atoms with Gasteiger partial charge in [0.2, 0.25) is 0 Å². The molecule has 0 aliphatic rings. The Balaban J connectivity index is 0. The molecule has 0 atom stereocenters. The Morgan fingerprint density at radius 3 is 1.50 bits per heavy atom. The topological polar surface area (TPSA) is 72.3 Å². The first-order valence-electron chi connectivity index (χ1n) is 2.50. The van der Waals surface area contributed by atoms with Crippen LogP contribution in [0, 0.1) is 0 Å². The number of hydrogen-bond acceptors (Lipinski definition) is 3. The van der Waals surface area contributed by atoms with Gasteiger partial charge in [-0.3, -0.25) is 0 Å². The van der Waals surface area contributed by atoms with Crippen molar-refractivity contribution in [2.45, 2.75) is 19.4 Å². The molecule has 0 aromatic heterocycles. The second kappa shape index (κ2) is 5.03. The molecule has 0 rings (SSSR count). The van der Waals surface area contributed by atoms with E-state index >= 15 is 0 Å². The maximum Gasteiger partial charge on any atom is 0.0319 e. The standard InChI is InChI=1S/C4H12N2.CH4O/c1-4(2,6)3-5;1-2/h3,5-6H2,1-2H3;2H,1H3. The van der Waals surface area contributed by atoms with Gasteiger partial charge in [-0.2, -0.15) is 0 Å². The zero-order valence-corrected chi connectivity index (χ0v) is 5.81. The van der Waals surface area contributed by atoms with Crippen LogP contribution in [-0.2, 0) is 0 Å². The van der Waals surface area contributed by atoms with Crippen molar-refractivity contribution in [2.75, 3.05) is 13.7 Å². The van der Waals surface area contributed by atoms with Crippen LogP contribution in [-0.4, -0.2) is 24.3 Å². The molecule has 0 bridgehead atoms. The highest BCUT2D eigenvalue weighted by atomic mass is 16.2. The number of aliphatic hydroxyl groups is 1. The first-order valence-corrected chi connectivity index (χ1v) is 2.50. The largest absolute Gasteiger partial charge is 0.400 e. The average Bonchev–Trinajstić information content (AvgIpc) is 1.71. The van der Waals surface area contributed by atoms with Gasteiger partial charge in [-0.05, 0) is 13.8 Å². The van der Waals surface area contributed by atoms with E-state index in [9.17, 15) is 0 Å². The van der Waals surface area contributed by atoms with E-state index in [2.05, 4.69) is 0 Å². The Labute approximate surface area is 50.7 Å². The van der Waals surface area contributed by atoms with Crippen molar-refractivity contribution in [3.05, 3.63) is 0 Å². The van der Waals surface area contributed by atoms with Gasteiger partial charge in [0.1, 0.15) is 0 Å². The minimum absolute atomic E-state index is 0.181. The molecule has 3 heteroatoms. The fourth-order valence-electron chi connectivity index (χ4n) is 0. The van der Waals surface area contributed by atoms with E-state index in [1.807, 2.05) is 13.8 Å². The van der Waals surface area contributed by atoms with Crippen LogP contribution < -0.4 is 11.5 Å². The Hall–Kier alpha value is -0.120. The summed E-state index contributed by atoms with van der Waals surface area (Å²) in [5, 5.41) is 7.00. The fraction of sp³-hybridized carbons (Fsp3) is 1.00. The van der Waals surface area contributed by atoms with E-state index in [0.29, 0.717) is 6.54 Å². The van der Waals surface area contributed by atoms with E-state index in [1.165, 1.54) is 0 Å². The van der Waals surface area contributed by atoms with Gasteiger partial charge < -0.3 is 16.6 Å². The zero-order valence-electron chi connectivity index (χ0n) is 5.81. The van der Waals surface area contributed by atoms with Gasteiger partial charge in [-0.25, -0.2) is 0 Å². The lowest BCUT2D eigenvalue weighted by Gasteiger charge is -2.13. The molecule has 0 spiro atoms. The number of hydrogen-bond donors (Lipinski definition) is 3. The molecule has 5 N–H and O–H groups in total. The lowest BCUT2D eigenvalue weighted by atomic mass is 10.1. The first kappa shape index (κ1) is 10.8. The highest BCUT2D eigenvalue weighted by Crippen LogP contribution is 1.88. The van der Waals surface area contributed by atoms with Gasteiger partial charge in [0.25, 0.3) is 0 Å². The summed E-state index contributed by atoms with van der Waals surface area (Å²) in [5.41, 5.74) is 10.4. The molecule has 0 heterocycles. The molecule has 0 radical (unpaired) electrons. The van der Waals surface area contributed by atoms with Gasteiger partial charge in [0.15, 0.2) is 0 Å². The second-order valence-electron chi connectivity index (χ2n) is 2.19. The first-order chi connectivity index (χ1) is 3.56. The summed E-state index contributed by atoms with van der Waals surface area (Å²) in [5.74, 6) is 0. The quantitative estimate of drug-likeness (QED) is 0.428. The maximum absolute atomic E-state index is 7.00. The lowest BCUT2D eigenvalue weighted by molar-refractivity contribution is 0.399. The number of rotatable bonds is 1. The Morgan fingerprint density at radius 2 is 1.50 bits per heavy atom. The predicted molar refractivity (Wildman–Crippen MR) is 35.5 cm³/mol.